The van der Waals surface area contributed by atoms with E-state index < -0.39 is 10.0 Å². The van der Waals surface area contributed by atoms with Crippen LogP contribution in [0.4, 0.5) is 0 Å². The fourth-order valence-corrected chi connectivity index (χ4v) is 3.74. The van der Waals surface area contributed by atoms with Gasteiger partial charge in [0.2, 0.25) is 10.0 Å². The van der Waals surface area contributed by atoms with Crippen LogP contribution in [0.2, 0.25) is 0 Å². The zero-order valence-corrected chi connectivity index (χ0v) is 19.4. The van der Waals surface area contributed by atoms with Gasteiger partial charge in [0.15, 0.2) is 5.96 Å². The average molecular weight is 523 g/mol. The number of hydrogen-bond acceptors (Lipinski definition) is 5. The summed E-state index contributed by atoms with van der Waals surface area (Å²) in [6, 6.07) is 9.44. The standard InChI is InChI=1S/C17H25N5O2S2.HI/c1-3-18-17(21-13-16-20-11-14(2)25-16)19-9-10-26(23,24)22-12-15-7-5-4-6-8-15;/h4-8,11,22H,3,9-10,12-13H2,1-2H3,(H2,18,19,21);1H. The number of aromatic nitrogens is 1. The highest BCUT2D eigenvalue weighted by Crippen LogP contribution is 2.11. The van der Waals surface area contributed by atoms with Crippen LogP contribution in [-0.4, -0.2) is 38.2 Å². The number of halogens is 1. The lowest BCUT2D eigenvalue weighted by Crippen LogP contribution is -2.41. The molecule has 0 unspecified atom stereocenters. The lowest BCUT2D eigenvalue weighted by atomic mass is 10.2. The van der Waals surface area contributed by atoms with Crippen molar-refractivity contribution in [3.05, 3.63) is 52.0 Å². The molecule has 0 aliphatic rings. The van der Waals surface area contributed by atoms with E-state index in [9.17, 15) is 8.42 Å². The van der Waals surface area contributed by atoms with Crippen molar-refractivity contribution >= 4 is 51.3 Å². The highest BCUT2D eigenvalue weighted by atomic mass is 127. The maximum atomic E-state index is 12.1. The molecule has 1 aromatic carbocycles. The Morgan fingerprint density at radius 3 is 2.59 bits per heavy atom. The predicted molar refractivity (Wildman–Crippen MR) is 122 cm³/mol. The third-order valence-electron chi connectivity index (χ3n) is 3.39. The second kappa shape index (κ2) is 12.3. The van der Waals surface area contributed by atoms with Crippen LogP contribution in [-0.2, 0) is 23.1 Å². The molecule has 0 radical (unpaired) electrons. The maximum Gasteiger partial charge on any atom is 0.213 e. The van der Waals surface area contributed by atoms with Crippen LogP contribution in [0.15, 0.2) is 41.5 Å². The van der Waals surface area contributed by atoms with E-state index in [0.29, 0.717) is 25.6 Å². The molecule has 3 N–H and O–H groups in total. The summed E-state index contributed by atoms with van der Waals surface area (Å²) in [5.41, 5.74) is 0.928. The van der Waals surface area contributed by atoms with E-state index >= 15 is 0 Å². The summed E-state index contributed by atoms with van der Waals surface area (Å²) in [5.74, 6) is 0.555. The van der Waals surface area contributed by atoms with Crippen LogP contribution in [0.3, 0.4) is 0 Å². The number of nitrogens with zero attached hydrogens (tertiary/aromatic N) is 2. The smallest absolute Gasteiger partial charge is 0.213 e. The predicted octanol–water partition coefficient (Wildman–Crippen LogP) is 2.24. The summed E-state index contributed by atoms with van der Waals surface area (Å²) in [6.07, 6.45) is 1.82. The van der Waals surface area contributed by atoms with E-state index in [4.69, 9.17) is 0 Å². The third kappa shape index (κ3) is 9.49. The number of hydrogen-bond donors (Lipinski definition) is 3. The number of benzene rings is 1. The van der Waals surface area contributed by atoms with Gasteiger partial charge >= 0.3 is 0 Å². The largest absolute Gasteiger partial charge is 0.357 e. The van der Waals surface area contributed by atoms with Crippen molar-refractivity contribution in [2.75, 3.05) is 18.8 Å². The lowest BCUT2D eigenvalue weighted by Gasteiger charge is -2.11. The van der Waals surface area contributed by atoms with Crippen molar-refractivity contribution in [1.29, 1.82) is 0 Å². The van der Waals surface area contributed by atoms with Gasteiger partial charge in [0.1, 0.15) is 5.01 Å². The molecule has 0 aliphatic carbocycles. The quantitative estimate of drug-likeness (QED) is 0.266. The van der Waals surface area contributed by atoms with Crippen LogP contribution < -0.4 is 15.4 Å². The molecule has 10 heteroatoms. The van der Waals surface area contributed by atoms with Gasteiger partial charge in [-0.2, -0.15) is 0 Å². The van der Waals surface area contributed by atoms with Crippen molar-refractivity contribution in [1.82, 2.24) is 20.3 Å². The van der Waals surface area contributed by atoms with Crippen LogP contribution in [0.5, 0.6) is 0 Å². The molecule has 0 aliphatic heterocycles. The van der Waals surface area contributed by atoms with Crippen LogP contribution >= 0.6 is 35.3 Å². The van der Waals surface area contributed by atoms with Crippen molar-refractivity contribution in [2.45, 2.75) is 26.9 Å². The first-order chi connectivity index (χ1) is 12.5. The second-order valence-corrected chi connectivity index (χ2v) is 8.86. The number of rotatable bonds is 9. The monoisotopic (exact) mass is 523 g/mol. The molecule has 0 amide bonds. The minimum atomic E-state index is -3.36. The zero-order chi connectivity index (χ0) is 18.8. The van der Waals surface area contributed by atoms with E-state index in [0.717, 1.165) is 15.4 Å². The fraction of sp³-hybridized carbons (Fsp3) is 0.412. The van der Waals surface area contributed by atoms with Crippen molar-refractivity contribution in [3.63, 3.8) is 0 Å². The Hall–Kier alpha value is -1.24. The molecule has 0 saturated heterocycles. The summed E-state index contributed by atoms with van der Waals surface area (Å²) >= 11 is 1.60. The molecule has 7 nitrogen and oxygen atoms in total. The first kappa shape index (κ1) is 23.8. The Labute approximate surface area is 182 Å². The molecule has 27 heavy (non-hydrogen) atoms. The second-order valence-electron chi connectivity index (χ2n) is 5.61. The average Bonchev–Trinajstić information content (AvgIpc) is 3.04. The molecule has 0 bridgehead atoms. The van der Waals surface area contributed by atoms with E-state index in [1.165, 1.54) is 0 Å². The van der Waals surface area contributed by atoms with Crippen molar-refractivity contribution in [3.8, 4) is 0 Å². The first-order valence-electron chi connectivity index (χ1n) is 8.43. The van der Waals surface area contributed by atoms with E-state index in [2.05, 4.69) is 25.3 Å². The fourth-order valence-electron chi connectivity index (χ4n) is 2.13. The Morgan fingerprint density at radius 2 is 1.96 bits per heavy atom. The third-order valence-corrected chi connectivity index (χ3v) is 5.61. The minimum absolute atomic E-state index is 0. The summed E-state index contributed by atoms with van der Waals surface area (Å²) in [4.78, 5) is 9.85. The molecule has 0 saturated carbocycles. The van der Waals surface area contributed by atoms with Crippen LogP contribution in [0.1, 0.15) is 22.4 Å². The van der Waals surface area contributed by atoms with Crippen LogP contribution in [0.25, 0.3) is 0 Å². The maximum absolute atomic E-state index is 12.1. The zero-order valence-electron chi connectivity index (χ0n) is 15.4. The van der Waals surface area contributed by atoms with Gasteiger partial charge in [0.25, 0.3) is 0 Å². The van der Waals surface area contributed by atoms with Crippen molar-refractivity contribution < 1.29 is 8.42 Å². The Kier molecular flexibility index (Phi) is 10.8. The van der Waals surface area contributed by atoms with Crippen LogP contribution in [0, 0.1) is 6.92 Å². The Bertz CT molecular complexity index is 810. The van der Waals surface area contributed by atoms with Gasteiger partial charge in [0.05, 0.1) is 12.3 Å². The lowest BCUT2D eigenvalue weighted by molar-refractivity contribution is 0.580. The van der Waals surface area contributed by atoms with Gasteiger partial charge in [0, 0.05) is 30.7 Å². The summed E-state index contributed by atoms with van der Waals surface area (Å²) in [5, 5.41) is 7.08. The van der Waals surface area contributed by atoms with E-state index in [1.807, 2.05) is 50.4 Å². The molecule has 2 rings (SSSR count). The van der Waals surface area contributed by atoms with E-state index in [1.54, 1.807) is 11.3 Å². The molecule has 0 atom stereocenters. The molecule has 1 heterocycles. The van der Waals surface area contributed by atoms with Gasteiger partial charge in [-0.25, -0.2) is 23.1 Å². The molecule has 1 aromatic heterocycles. The summed E-state index contributed by atoms with van der Waals surface area (Å²) in [7, 11) is -3.36. The highest BCUT2D eigenvalue weighted by molar-refractivity contribution is 14.0. The highest BCUT2D eigenvalue weighted by Gasteiger charge is 2.10. The minimum Gasteiger partial charge on any atom is -0.357 e. The molecular weight excluding hydrogens is 497 g/mol. The Morgan fingerprint density at radius 1 is 1.22 bits per heavy atom. The van der Waals surface area contributed by atoms with Gasteiger partial charge in [-0.05, 0) is 19.4 Å². The van der Waals surface area contributed by atoms with Gasteiger partial charge < -0.3 is 10.6 Å². The SMILES string of the molecule is CCNC(=NCc1ncc(C)s1)NCCS(=O)(=O)NCc1ccccc1.I. The number of guanidine groups is 1. The first-order valence-corrected chi connectivity index (χ1v) is 10.9. The molecule has 0 spiro atoms. The molecular formula is C17H26IN5O2S2. The summed E-state index contributed by atoms with van der Waals surface area (Å²) < 4.78 is 26.8. The van der Waals surface area contributed by atoms with Gasteiger partial charge in [-0.15, -0.1) is 35.3 Å². The number of aliphatic imine (C=N–C) groups is 1. The molecule has 2 aromatic rings. The normalized spacial score (nSPS) is 11.7. The number of sulfonamides is 1. The van der Waals surface area contributed by atoms with Gasteiger partial charge in [-0.1, -0.05) is 30.3 Å². The van der Waals surface area contributed by atoms with Gasteiger partial charge in [-0.3, -0.25) is 0 Å². The van der Waals surface area contributed by atoms with E-state index in [-0.39, 0.29) is 36.3 Å². The van der Waals surface area contributed by atoms with Crippen molar-refractivity contribution in [2.24, 2.45) is 4.99 Å². The summed E-state index contributed by atoms with van der Waals surface area (Å²) in [6.45, 7) is 5.69. The molecule has 0 fully saturated rings. The topological polar surface area (TPSA) is 95.5 Å². The number of aryl methyl sites for hydroxylation is 1. The number of thiazole rings is 1. The molecule has 150 valence electrons. The Balaban J connectivity index is 0.00000364. The number of nitrogens with one attached hydrogen (secondary N) is 3.